The number of benzene rings is 1. The maximum absolute atomic E-state index is 12.3. The number of urea groups is 1. The van der Waals surface area contributed by atoms with Crippen molar-refractivity contribution in [2.45, 2.75) is 39.8 Å². The first-order chi connectivity index (χ1) is 11.1. The molecule has 6 nitrogen and oxygen atoms in total. The van der Waals surface area contributed by atoms with Crippen LogP contribution in [-0.4, -0.2) is 40.3 Å². The number of para-hydroxylation sites is 1. The van der Waals surface area contributed by atoms with Gasteiger partial charge in [-0.3, -0.25) is 0 Å². The Bertz CT molecular complexity index is 442. The van der Waals surface area contributed by atoms with Crippen LogP contribution < -0.4 is 10.6 Å². The molecule has 0 saturated carbocycles. The Morgan fingerprint density at radius 3 is 1.96 bits per heavy atom. The van der Waals surface area contributed by atoms with Crippen molar-refractivity contribution in [1.82, 2.24) is 5.32 Å². The highest BCUT2D eigenvalue weighted by Crippen LogP contribution is 2.18. The fourth-order valence-corrected chi connectivity index (χ4v) is 5.19. The second-order valence-corrected chi connectivity index (χ2v) is 7.60. The monoisotopic (exact) mass is 340 g/mol. The number of hydrogen-bond acceptors (Lipinski definition) is 4. The van der Waals surface area contributed by atoms with E-state index in [1.807, 2.05) is 58.0 Å². The maximum Gasteiger partial charge on any atom is 0.524 e. The van der Waals surface area contributed by atoms with Crippen LogP contribution in [0.15, 0.2) is 30.3 Å². The van der Waals surface area contributed by atoms with Gasteiger partial charge in [0.1, 0.15) is 5.67 Å². The van der Waals surface area contributed by atoms with Crippen molar-refractivity contribution < 1.29 is 18.1 Å². The Hall–Kier alpha value is -1.41. The van der Waals surface area contributed by atoms with E-state index in [1.165, 1.54) is 0 Å². The molecule has 1 aromatic carbocycles. The molecule has 0 heterocycles. The smallest absolute Gasteiger partial charge is 0.373 e. The largest absolute Gasteiger partial charge is 0.524 e. The molecule has 0 spiro atoms. The first kappa shape index (κ1) is 19.6. The summed E-state index contributed by atoms with van der Waals surface area (Å²) >= 11 is 0. The van der Waals surface area contributed by atoms with Crippen molar-refractivity contribution in [1.29, 1.82) is 0 Å². The number of hydrogen-bond donors (Lipinski definition) is 2. The number of amides is 2. The topological polar surface area (TPSA) is 68.8 Å². The number of carbonyl (C=O) groups is 1. The molecule has 7 heteroatoms. The van der Waals surface area contributed by atoms with Crippen molar-refractivity contribution in [3.05, 3.63) is 30.3 Å². The van der Waals surface area contributed by atoms with E-state index >= 15 is 0 Å². The van der Waals surface area contributed by atoms with Gasteiger partial charge in [0.15, 0.2) is 0 Å². The fourth-order valence-electron chi connectivity index (χ4n) is 2.32. The van der Waals surface area contributed by atoms with Gasteiger partial charge in [0.05, 0.1) is 0 Å². The van der Waals surface area contributed by atoms with E-state index in [0.717, 1.165) is 5.69 Å². The highest BCUT2D eigenvalue weighted by atomic mass is 28.4. The SMILES string of the molecule is CCO[Si](OCC)(OCC)C(CC)NC(=O)Nc1ccccc1. The Balaban J connectivity index is 2.82. The zero-order valence-electron chi connectivity index (χ0n) is 14.4. The quantitative estimate of drug-likeness (QED) is 0.642. The lowest BCUT2D eigenvalue weighted by Crippen LogP contribution is -2.63. The molecule has 0 fully saturated rings. The van der Waals surface area contributed by atoms with Crippen LogP contribution in [0.4, 0.5) is 10.5 Å². The Kier molecular flexibility index (Phi) is 8.86. The summed E-state index contributed by atoms with van der Waals surface area (Å²) in [5.74, 6) is 0. The minimum Gasteiger partial charge on any atom is -0.373 e. The van der Waals surface area contributed by atoms with Gasteiger partial charge in [-0.1, -0.05) is 25.1 Å². The van der Waals surface area contributed by atoms with E-state index in [-0.39, 0.29) is 11.7 Å². The van der Waals surface area contributed by atoms with Gasteiger partial charge in [0.2, 0.25) is 0 Å². The van der Waals surface area contributed by atoms with E-state index in [1.54, 1.807) is 0 Å². The molecule has 1 unspecified atom stereocenters. The van der Waals surface area contributed by atoms with Crippen molar-refractivity contribution >= 4 is 20.5 Å². The van der Waals surface area contributed by atoms with Gasteiger partial charge in [-0.25, -0.2) is 4.79 Å². The zero-order valence-corrected chi connectivity index (χ0v) is 15.4. The molecule has 130 valence electrons. The van der Waals surface area contributed by atoms with Gasteiger partial charge in [0, 0.05) is 25.5 Å². The molecule has 2 amide bonds. The summed E-state index contributed by atoms with van der Waals surface area (Å²) in [7, 11) is -2.98. The highest BCUT2D eigenvalue weighted by molar-refractivity contribution is 6.62. The highest BCUT2D eigenvalue weighted by Gasteiger charge is 2.49. The first-order valence-electron chi connectivity index (χ1n) is 8.16. The van der Waals surface area contributed by atoms with Crippen LogP contribution in [0.3, 0.4) is 0 Å². The van der Waals surface area contributed by atoms with Gasteiger partial charge < -0.3 is 23.9 Å². The molecular formula is C16H28N2O4Si. The minimum absolute atomic E-state index is 0.293. The maximum atomic E-state index is 12.3. The van der Waals surface area contributed by atoms with E-state index in [2.05, 4.69) is 10.6 Å². The van der Waals surface area contributed by atoms with Crippen LogP contribution in [0, 0.1) is 0 Å². The standard InChI is InChI=1S/C16H28N2O4Si/c1-5-15(23(20-6-2,21-7-3)22-8-4)18-16(19)17-14-12-10-9-11-13-14/h9-13,15H,5-8H2,1-4H3,(H2,17,18,19). The average molecular weight is 340 g/mol. The van der Waals surface area contributed by atoms with E-state index in [0.29, 0.717) is 26.2 Å². The van der Waals surface area contributed by atoms with Crippen LogP contribution in [0.5, 0.6) is 0 Å². The molecule has 0 aliphatic heterocycles. The molecule has 1 aromatic rings. The Morgan fingerprint density at radius 2 is 1.52 bits per heavy atom. The average Bonchev–Trinajstić information content (AvgIpc) is 2.54. The minimum atomic E-state index is -2.98. The van der Waals surface area contributed by atoms with Crippen LogP contribution in [0.2, 0.25) is 0 Å². The van der Waals surface area contributed by atoms with E-state index in [4.69, 9.17) is 13.3 Å². The van der Waals surface area contributed by atoms with Crippen molar-refractivity contribution in [3.8, 4) is 0 Å². The first-order valence-corrected chi connectivity index (χ1v) is 9.96. The van der Waals surface area contributed by atoms with Gasteiger partial charge in [-0.15, -0.1) is 0 Å². The fraction of sp³-hybridized carbons (Fsp3) is 0.562. The van der Waals surface area contributed by atoms with Crippen LogP contribution in [0.25, 0.3) is 0 Å². The molecule has 1 rings (SSSR count). The number of nitrogens with one attached hydrogen (secondary N) is 2. The summed E-state index contributed by atoms with van der Waals surface area (Å²) < 4.78 is 17.6. The second-order valence-electron chi connectivity index (χ2n) is 4.83. The number of carbonyl (C=O) groups excluding carboxylic acids is 1. The molecule has 0 aliphatic carbocycles. The molecule has 0 bridgehead atoms. The molecule has 23 heavy (non-hydrogen) atoms. The molecule has 0 aliphatic rings. The van der Waals surface area contributed by atoms with Gasteiger partial charge in [-0.2, -0.15) is 0 Å². The third-order valence-corrected chi connectivity index (χ3v) is 6.69. The second kappa shape index (κ2) is 10.4. The third kappa shape index (κ3) is 5.95. The van der Waals surface area contributed by atoms with Gasteiger partial charge in [-0.05, 0) is 39.3 Å². The predicted octanol–water partition coefficient (Wildman–Crippen LogP) is 3.17. The molecule has 0 saturated heterocycles. The van der Waals surface area contributed by atoms with Gasteiger partial charge >= 0.3 is 14.8 Å². The van der Waals surface area contributed by atoms with E-state index in [9.17, 15) is 4.79 Å². The Labute approximate surface area is 139 Å². The summed E-state index contributed by atoms with van der Waals surface area (Å²) in [5, 5.41) is 5.76. The lowest BCUT2D eigenvalue weighted by molar-refractivity contribution is 0.0586. The summed E-state index contributed by atoms with van der Waals surface area (Å²) in [4.78, 5) is 12.3. The summed E-state index contributed by atoms with van der Waals surface area (Å²) in [6.45, 7) is 9.11. The van der Waals surface area contributed by atoms with Gasteiger partial charge in [0.25, 0.3) is 0 Å². The van der Waals surface area contributed by atoms with Crippen LogP contribution in [0.1, 0.15) is 34.1 Å². The normalized spacial score (nSPS) is 12.7. The van der Waals surface area contributed by atoms with Crippen molar-refractivity contribution in [2.75, 3.05) is 25.1 Å². The molecule has 1 atom stereocenters. The summed E-state index contributed by atoms with van der Waals surface area (Å²) in [6, 6.07) is 9.00. The number of rotatable bonds is 10. The summed E-state index contributed by atoms with van der Waals surface area (Å²) in [6.07, 6.45) is 0.661. The molecular weight excluding hydrogens is 312 g/mol. The molecule has 2 N–H and O–H groups in total. The lowest BCUT2D eigenvalue weighted by Gasteiger charge is -2.35. The predicted molar refractivity (Wildman–Crippen MR) is 93.3 cm³/mol. The van der Waals surface area contributed by atoms with Crippen LogP contribution >= 0.6 is 0 Å². The molecule has 0 aromatic heterocycles. The summed E-state index contributed by atoms with van der Waals surface area (Å²) in [5.41, 5.74) is 0.433. The van der Waals surface area contributed by atoms with Crippen molar-refractivity contribution in [3.63, 3.8) is 0 Å². The Morgan fingerprint density at radius 1 is 1.00 bits per heavy atom. The lowest BCUT2D eigenvalue weighted by atomic mass is 10.3. The van der Waals surface area contributed by atoms with E-state index < -0.39 is 8.80 Å². The number of anilines is 1. The van der Waals surface area contributed by atoms with Crippen molar-refractivity contribution in [2.24, 2.45) is 0 Å². The zero-order chi connectivity index (χ0) is 17.1. The third-order valence-electron chi connectivity index (χ3n) is 3.21. The molecule has 0 radical (unpaired) electrons. The van der Waals surface area contributed by atoms with Crippen LogP contribution in [-0.2, 0) is 13.3 Å².